The van der Waals surface area contributed by atoms with E-state index in [1.54, 1.807) is 25.3 Å². The van der Waals surface area contributed by atoms with Gasteiger partial charge in [0.15, 0.2) is 0 Å². The van der Waals surface area contributed by atoms with Gasteiger partial charge >= 0.3 is 0 Å². The van der Waals surface area contributed by atoms with E-state index in [2.05, 4.69) is 5.32 Å². The lowest BCUT2D eigenvalue weighted by Gasteiger charge is -2.09. The van der Waals surface area contributed by atoms with Crippen LogP contribution in [0.5, 0.6) is 17.2 Å². The number of rotatable bonds is 7. The molecular formula is C22H20FNO3. The summed E-state index contributed by atoms with van der Waals surface area (Å²) >= 11 is 0. The molecule has 0 radical (unpaired) electrons. The molecule has 0 saturated heterocycles. The fourth-order valence-electron chi connectivity index (χ4n) is 2.59. The number of carbonyl (C=O) groups excluding carboxylic acids is 1. The number of hydrogen-bond acceptors (Lipinski definition) is 3. The second-order valence-electron chi connectivity index (χ2n) is 5.98. The van der Waals surface area contributed by atoms with Crippen molar-refractivity contribution in [2.75, 3.05) is 12.4 Å². The molecule has 0 aliphatic rings. The Morgan fingerprint density at radius 3 is 2.44 bits per heavy atom. The number of methoxy groups -OCH3 is 1. The van der Waals surface area contributed by atoms with Gasteiger partial charge < -0.3 is 14.8 Å². The average Bonchev–Trinajstić information content (AvgIpc) is 2.69. The molecule has 0 aliphatic carbocycles. The lowest BCUT2D eigenvalue weighted by atomic mass is 10.1. The number of halogens is 1. The molecule has 0 atom stereocenters. The molecule has 0 aromatic heterocycles. The van der Waals surface area contributed by atoms with Crippen molar-refractivity contribution in [3.8, 4) is 17.2 Å². The fraction of sp³-hybridized carbons (Fsp3) is 0.136. The zero-order valence-electron chi connectivity index (χ0n) is 14.9. The minimum Gasteiger partial charge on any atom is -0.497 e. The maximum atomic E-state index is 13.0. The Bertz CT molecular complexity index is 909. The van der Waals surface area contributed by atoms with Gasteiger partial charge in [0, 0.05) is 18.2 Å². The summed E-state index contributed by atoms with van der Waals surface area (Å²) in [5, 5.41) is 2.86. The summed E-state index contributed by atoms with van der Waals surface area (Å²) in [5.74, 6) is 1.52. The predicted octanol–water partition coefficient (Wildman–Crippen LogP) is 5.20. The van der Waals surface area contributed by atoms with Gasteiger partial charge in [0.05, 0.1) is 7.11 Å². The van der Waals surface area contributed by atoms with Gasteiger partial charge in [0.1, 0.15) is 23.1 Å². The fourth-order valence-corrected chi connectivity index (χ4v) is 2.59. The van der Waals surface area contributed by atoms with Crippen LogP contribution in [0.15, 0.2) is 72.8 Å². The number of anilines is 1. The Kier molecular flexibility index (Phi) is 6.05. The number of nitrogens with one attached hydrogen (secondary N) is 1. The van der Waals surface area contributed by atoms with Crippen molar-refractivity contribution in [1.82, 2.24) is 0 Å². The number of hydrogen-bond donors (Lipinski definition) is 1. The van der Waals surface area contributed by atoms with Crippen LogP contribution in [0.3, 0.4) is 0 Å². The number of benzene rings is 3. The Hall–Kier alpha value is -3.34. The van der Waals surface area contributed by atoms with Crippen molar-refractivity contribution in [3.05, 3.63) is 84.2 Å². The standard InChI is InChI=1S/C22H20FNO3/c1-26-20-6-3-5-18(15-20)24-22(25)13-8-16-4-2-7-21(14-16)27-19-11-9-17(23)10-12-19/h2-7,9-12,14-15H,8,13H2,1H3,(H,24,25). The second kappa shape index (κ2) is 8.85. The van der Waals surface area contributed by atoms with E-state index in [-0.39, 0.29) is 11.7 Å². The highest BCUT2D eigenvalue weighted by Crippen LogP contribution is 2.23. The largest absolute Gasteiger partial charge is 0.497 e. The molecule has 3 aromatic rings. The minimum atomic E-state index is -0.307. The third kappa shape index (κ3) is 5.57. The molecule has 4 nitrogen and oxygen atoms in total. The molecule has 1 amide bonds. The van der Waals surface area contributed by atoms with Gasteiger partial charge in [-0.1, -0.05) is 18.2 Å². The molecule has 0 saturated carbocycles. The Labute approximate surface area is 157 Å². The van der Waals surface area contributed by atoms with Crippen LogP contribution >= 0.6 is 0 Å². The van der Waals surface area contributed by atoms with E-state index in [0.29, 0.717) is 35.8 Å². The van der Waals surface area contributed by atoms with E-state index < -0.39 is 0 Å². The number of carbonyl (C=O) groups is 1. The second-order valence-corrected chi connectivity index (χ2v) is 5.98. The van der Waals surface area contributed by atoms with Crippen molar-refractivity contribution < 1.29 is 18.7 Å². The summed E-state index contributed by atoms with van der Waals surface area (Å²) in [4.78, 5) is 12.2. The SMILES string of the molecule is COc1cccc(NC(=O)CCc2cccc(Oc3ccc(F)cc3)c2)c1. The van der Waals surface area contributed by atoms with Crippen LogP contribution in [0.25, 0.3) is 0 Å². The Morgan fingerprint density at radius 2 is 1.67 bits per heavy atom. The first-order valence-electron chi connectivity index (χ1n) is 8.58. The quantitative estimate of drug-likeness (QED) is 0.626. The van der Waals surface area contributed by atoms with Crippen molar-refractivity contribution in [3.63, 3.8) is 0 Å². The first-order valence-corrected chi connectivity index (χ1v) is 8.58. The van der Waals surface area contributed by atoms with E-state index in [1.807, 2.05) is 42.5 Å². The topological polar surface area (TPSA) is 47.6 Å². The Balaban J connectivity index is 1.56. The lowest BCUT2D eigenvalue weighted by Crippen LogP contribution is -2.12. The molecule has 0 spiro atoms. The van der Waals surface area contributed by atoms with E-state index in [1.165, 1.54) is 12.1 Å². The summed E-state index contributed by atoms with van der Waals surface area (Å²) in [6.45, 7) is 0. The molecule has 0 unspecified atom stereocenters. The molecule has 0 heterocycles. The number of ether oxygens (including phenoxy) is 2. The van der Waals surface area contributed by atoms with E-state index >= 15 is 0 Å². The van der Waals surface area contributed by atoms with Gasteiger partial charge in [-0.3, -0.25) is 4.79 Å². The zero-order chi connectivity index (χ0) is 19.1. The summed E-state index contributed by atoms with van der Waals surface area (Å²) in [6, 6.07) is 20.6. The molecule has 3 rings (SSSR count). The van der Waals surface area contributed by atoms with Crippen LogP contribution in [0.1, 0.15) is 12.0 Å². The van der Waals surface area contributed by atoms with E-state index in [9.17, 15) is 9.18 Å². The van der Waals surface area contributed by atoms with Crippen molar-refractivity contribution in [1.29, 1.82) is 0 Å². The van der Waals surface area contributed by atoms with Crippen molar-refractivity contribution in [2.45, 2.75) is 12.8 Å². The third-order valence-corrected chi connectivity index (χ3v) is 3.94. The van der Waals surface area contributed by atoms with Crippen LogP contribution in [0.2, 0.25) is 0 Å². The van der Waals surface area contributed by atoms with E-state index in [4.69, 9.17) is 9.47 Å². The Morgan fingerprint density at radius 1 is 0.926 bits per heavy atom. The monoisotopic (exact) mass is 365 g/mol. The first-order chi connectivity index (χ1) is 13.1. The van der Waals surface area contributed by atoms with E-state index in [0.717, 1.165) is 5.56 Å². The summed E-state index contributed by atoms with van der Waals surface area (Å²) in [6.07, 6.45) is 0.924. The van der Waals surface area contributed by atoms with Gasteiger partial charge in [-0.2, -0.15) is 0 Å². The summed E-state index contributed by atoms with van der Waals surface area (Å²) in [7, 11) is 1.59. The molecule has 0 fully saturated rings. The molecule has 138 valence electrons. The lowest BCUT2D eigenvalue weighted by molar-refractivity contribution is -0.116. The van der Waals surface area contributed by atoms with Crippen LogP contribution < -0.4 is 14.8 Å². The number of aryl methyl sites for hydroxylation is 1. The van der Waals surface area contributed by atoms with Crippen molar-refractivity contribution >= 4 is 11.6 Å². The molecule has 5 heteroatoms. The van der Waals surface area contributed by atoms with Crippen LogP contribution in [0.4, 0.5) is 10.1 Å². The molecular weight excluding hydrogens is 345 g/mol. The molecule has 3 aromatic carbocycles. The van der Waals surface area contributed by atoms with Gasteiger partial charge in [-0.25, -0.2) is 4.39 Å². The molecule has 0 bridgehead atoms. The highest BCUT2D eigenvalue weighted by Gasteiger charge is 2.06. The smallest absolute Gasteiger partial charge is 0.224 e. The van der Waals surface area contributed by atoms with Crippen LogP contribution in [-0.2, 0) is 11.2 Å². The van der Waals surface area contributed by atoms with Crippen LogP contribution in [0, 0.1) is 5.82 Å². The highest BCUT2D eigenvalue weighted by atomic mass is 19.1. The maximum Gasteiger partial charge on any atom is 0.224 e. The first kappa shape index (κ1) is 18.5. The van der Waals surface area contributed by atoms with Gasteiger partial charge in [0.25, 0.3) is 0 Å². The van der Waals surface area contributed by atoms with Gasteiger partial charge in [0.2, 0.25) is 5.91 Å². The summed E-state index contributed by atoms with van der Waals surface area (Å²) in [5.41, 5.74) is 1.68. The third-order valence-electron chi connectivity index (χ3n) is 3.94. The number of amides is 1. The molecule has 1 N–H and O–H groups in total. The minimum absolute atomic E-state index is 0.0758. The molecule has 27 heavy (non-hydrogen) atoms. The van der Waals surface area contributed by atoms with Gasteiger partial charge in [-0.05, 0) is 60.5 Å². The maximum absolute atomic E-state index is 13.0. The van der Waals surface area contributed by atoms with Crippen molar-refractivity contribution in [2.24, 2.45) is 0 Å². The molecule has 0 aliphatic heterocycles. The predicted molar refractivity (Wildman–Crippen MR) is 103 cm³/mol. The normalized spacial score (nSPS) is 10.3. The van der Waals surface area contributed by atoms with Gasteiger partial charge in [-0.15, -0.1) is 0 Å². The average molecular weight is 365 g/mol. The highest BCUT2D eigenvalue weighted by molar-refractivity contribution is 5.91. The summed E-state index contributed by atoms with van der Waals surface area (Å²) < 4.78 is 23.8. The zero-order valence-corrected chi connectivity index (χ0v) is 14.9. The van der Waals surface area contributed by atoms with Crippen LogP contribution in [-0.4, -0.2) is 13.0 Å².